The second kappa shape index (κ2) is 7.01. The molecule has 2 aromatic rings. The van der Waals surface area contributed by atoms with Crippen LogP contribution in [0.4, 0.5) is 0 Å². The molecule has 0 heterocycles. The molecule has 0 amide bonds. The van der Waals surface area contributed by atoms with Gasteiger partial charge in [-0.05, 0) is 46.7 Å². The average molecular weight is 310 g/mol. The van der Waals surface area contributed by atoms with Crippen molar-refractivity contribution in [2.24, 2.45) is 0 Å². The van der Waals surface area contributed by atoms with Crippen LogP contribution in [0.1, 0.15) is 49.9 Å². The molecule has 23 heavy (non-hydrogen) atoms. The number of methoxy groups -OCH3 is 1. The van der Waals surface area contributed by atoms with E-state index in [1.54, 1.807) is 7.11 Å². The van der Waals surface area contributed by atoms with E-state index in [-0.39, 0.29) is 12.0 Å². The number of hydrogen-bond acceptors (Lipinski definition) is 2. The summed E-state index contributed by atoms with van der Waals surface area (Å²) in [4.78, 5) is 0. The molecule has 0 saturated heterocycles. The molecule has 0 spiro atoms. The average Bonchev–Trinajstić information content (AvgIpc) is 2.54. The molecular weight excluding hydrogens is 284 g/mol. The zero-order valence-electron chi connectivity index (χ0n) is 14.7. The Kier molecular flexibility index (Phi) is 5.27. The Hall–Kier alpha value is -2.06. The normalized spacial score (nSPS) is 12.3. The zero-order chi connectivity index (χ0) is 17.0. The first-order valence-corrected chi connectivity index (χ1v) is 7.92. The highest BCUT2D eigenvalue weighted by atomic mass is 16.5. The fraction of sp³-hybridized carbons (Fsp3) is 0.333. The van der Waals surface area contributed by atoms with Gasteiger partial charge < -0.3 is 9.84 Å². The Bertz CT molecular complexity index is 689. The predicted octanol–water partition coefficient (Wildman–Crippen LogP) is 5.05. The third-order valence-corrected chi connectivity index (χ3v) is 4.01. The lowest BCUT2D eigenvalue weighted by atomic mass is 9.84. The summed E-state index contributed by atoms with van der Waals surface area (Å²) in [5.74, 6) is 0.932. The van der Waals surface area contributed by atoms with Crippen LogP contribution in [-0.2, 0) is 12.0 Å². The Morgan fingerprint density at radius 3 is 2.26 bits per heavy atom. The van der Waals surface area contributed by atoms with Gasteiger partial charge in [0.1, 0.15) is 5.75 Å². The van der Waals surface area contributed by atoms with Crippen LogP contribution in [-0.4, -0.2) is 12.2 Å². The van der Waals surface area contributed by atoms with Crippen molar-refractivity contribution >= 4 is 11.6 Å². The van der Waals surface area contributed by atoms with Crippen molar-refractivity contribution in [3.05, 3.63) is 64.7 Å². The highest BCUT2D eigenvalue weighted by Gasteiger charge is 2.19. The van der Waals surface area contributed by atoms with E-state index < -0.39 is 0 Å². The SMILES string of the molecule is COc1ccc(C(C)=Cc2ccc(CO)cc2)cc1C(C)(C)C. The molecule has 2 nitrogen and oxygen atoms in total. The van der Waals surface area contributed by atoms with Crippen molar-refractivity contribution < 1.29 is 9.84 Å². The third kappa shape index (κ3) is 4.23. The maximum Gasteiger partial charge on any atom is 0.122 e. The van der Waals surface area contributed by atoms with E-state index in [2.05, 4.69) is 45.9 Å². The van der Waals surface area contributed by atoms with Gasteiger partial charge in [0, 0.05) is 5.56 Å². The number of ether oxygens (including phenoxy) is 1. The van der Waals surface area contributed by atoms with Gasteiger partial charge in [-0.3, -0.25) is 0 Å². The first kappa shape index (κ1) is 17.3. The third-order valence-electron chi connectivity index (χ3n) is 4.01. The Morgan fingerprint density at radius 1 is 1.09 bits per heavy atom. The molecule has 0 bridgehead atoms. The number of aliphatic hydroxyl groups is 1. The van der Waals surface area contributed by atoms with Crippen molar-refractivity contribution in [1.29, 1.82) is 0 Å². The monoisotopic (exact) mass is 310 g/mol. The fourth-order valence-corrected chi connectivity index (χ4v) is 2.59. The highest BCUT2D eigenvalue weighted by Crippen LogP contribution is 2.34. The minimum Gasteiger partial charge on any atom is -0.496 e. The van der Waals surface area contributed by atoms with Crippen LogP contribution < -0.4 is 4.74 Å². The summed E-state index contributed by atoms with van der Waals surface area (Å²) in [6.07, 6.45) is 2.16. The van der Waals surface area contributed by atoms with Gasteiger partial charge >= 0.3 is 0 Å². The van der Waals surface area contributed by atoms with E-state index in [0.29, 0.717) is 0 Å². The number of aliphatic hydroxyl groups excluding tert-OH is 1. The smallest absolute Gasteiger partial charge is 0.122 e. The van der Waals surface area contributed by atoms with E-state index in [1.807, 2.05) is 30.3 Å². The number of benzene rings is 2. The van der Waals surface area contributed by atoms with Gasteiger partial charge in [-0.15, -0.1) is 0 Å². The molecule has 0 aliphatic rings. The molecule has 0 atom stereocenters. The van der Waals surface area contributed by atoms with Crippen LogP contribution in [0.25, 0.3) is 11.6 Å². The molecule has 0 aliphatic carbocycles. The zero-order valence-corrected chi connectivity index (χ0v) is 14.7. The number of rotatable bonds is 4. The molecule has 122 valence electrons. The Balaban J connectivity index is 2.38. The number of hydrogen-bond donors (Lipinski definition) is 1. The molecule has 0 radical (unpaired) electrons. The fourth-order valence-electron chi connectivity index (χ4n) is 2.59. The van der Waals surface area contributed by atoms with Gasteiger partial charge in [0.25, 0.3) is 0 Å². The summed E-state index contributed by atoms with van der Waals surface area (Å²) in [5.41, 5.74) is 5.70. The van der Waals surface area contributed by atoms with Gasteiger partial charge in [0.05, 0.1) is 13.7 Å². The van der Waals surface area contributed by atoms with Crippen LogP contribution in [0.15, 0.2) is 42.5 Å². The van der Waals surface area contributed by atoms with Gasteiger partial charge in [-0.25, -0.2) is 0 Å². The Morgan fingerprint density at radius 2 is 1.74 bits per heavy atom. The lowest BCUT2D eigenvalue weighted by Crippen LogP contribution is -2.13. The quantitative estimate of drug-likeness (QED) is 0.801. The van der Waals surface area contributed by atoms with Gasteiger partial charge in [-0.2, -0.15) is 0 Å². The maximum atomic E-state index is 9.12. The maximum absolute atomic E-state index is 9.12. The predicted molar refractivity (Wildman–Crippen MR) is 97.6 cm³/mol. The van der Waals surface area contributed by atoms with Gasteiger partial charge in [0.2, 0.25) is 0 Å². The molecule has 1 N–H and O–H groups in total. The minimum absolute atomic E-state index is 0.0322. The van der Waals surface area contributed by atoms with E-state index in [4.69, 9.17) is 9.84 Å². The summed E-state index contributed by atoms with van der Waals surface area (Å²) in [7, 11) is 1.72. The van der Waals surface area contributed by atoms with Crippen LogP contribution >= 0.6 is 0 Å². The second-order valence-corrected chi connectivity index (χ2v) is 6.89. The largest absolute Gasteiger partial charge is 0.496 e. The Labute approximate surface area is 139 Å². The second-order valence-electron chi connectivity index (χ2n) is 6.89. The summed E-state index contributed by atoms with van der Waals surface area (Å²) in [5, 5.41) is 9.12. The lowest BCUT2D eigenvalue weighted by Gasteiger charge is -2.23. The van der Waals surface area contributed by atoms with E-state index in [1.165, 1.54) is 16.7 Å². The van der Waals surface area contributed by atoms with Gasteiger partial charge in [0.15, 0.2) is 0 Å². The molecule has 0 saturated carbocycles. The van der Waals surface area contributed by atoms with Crippen LogP contribution in [0, 0.1) is 0 Å². The minimum atomic E-state index is 0.0322. The van der Waals surface area contributed by atoms with Crippen LogP contribution in [0.2, 0.25) is 0 Å². The summed E-state index contributed by atoms with van der Waals surface area (Å²) in [6, 6.07) is 14.3. The van der Waals surface area contributed by atoms with E-state index in [9.17, 15) is 0 Å². The molecule has 0 unspecified atom stereocenters. The molecule has 2 aromatic carbocycles. The molecule has 0 aliphatic heterocycles. The van der Waals surface area contributed by atoms with Gasteiger partial charge in [-0.1, -0.05) is 57.2 Å². The molecule has 0 fully saturated rings. The number of allylic oxidation sites excluding steroid dienone is 1. The van der Waals surface area contributed by atoms with E-state index in [0.717, 1.165) is 16.9 Å². The molecule has 0 aromatic heterocycles. The summed E-state index contributed by atoms with van der Waals surface area (Å²) in [6.45, 7) is 8.79. The van der Waals surface area contributed by atoms with Crippen molar-refractivity contribution in [2.45, 2.75) is 39.7 Å². The van der Waals surface area contributed by atoms with Crippen molar-refractivity contribution in [3.8, 4) is 5.75 Å². The first-order valence-electron chi connectivity index (χ1n) is 7.92. The molecule has 2 rings (SSSR count). The summed E-state index contributed by atoms with van der Waals surface area (Å²) >= 11 is 0. The van der Waals surface area contributed by atoms with Crippen molar-refractivity contribution in [2.75, 3.05) is 7.11 Å². The lowest BCUT2D eigenvalue weighted by molar-refractivity contribution is 0.282. The highest BCUT2D eigenvalue weighted by molar-refractivity contribution is 5.80. The topological polar surface area (TPSA) is 29.5 Å². The summed E-state index contributed by atoms with van der Waals surface area (Å²) < 4.78 is 5.51. The van der Waals surface area contributed by atoms with Crippen molar-refractivity contribution in [1.82, 2.24) is 0 Å². The van der Waals surface area contributed by atoms with Crippen molar-refractivity contribution in [3.63, 3.8) is 0 Å². The standard InChI is InChI=1S/C21H26O2/c1-15(12-16-6-8-17(14-22)9-7-16)18-10-11-20(23-5)19(13-18)21(2,3)4/h6-13,22H,14H2,1-5H3. The van der Waals surface area contributed by atoms with Crippen LogP contribution in [0.5, 0.6) is 5.75 Å². The molecular formula is C21H26O2. The van der Waals surface area contributed by atoms with E-state index >= 15 is 0 Å². The first-order chi connectivity index (χ1) is 10.8. The van der Waals surface area contributed by atoms with Crippen LogP contribution in [0.3, 0.4) is 0 Å². The molecule has 2 heteroatoms.